The molecule has 0 spiro atoms. The summed E-state index contributed by atoms with van der Waals surface area (Å²) < 4.78 is 0. The van der Waals surface area contributed by atoms with E-state index in [1.54, 1.807) is 0 Å². The lowest BCUT2D eigenvalue weighted by molar-refractivity contribution is -0.141. The fourth-order valence-corrected chi connectivity index (χ4v) is 1.04. The van der Waals surface area contributed by atoms with Crippen LogP contribution in [-0.4, -0.2) is 42.0 Å². The first-order valence-corrected chi connectivity index (χ1v) is 5.00. The zero-order valence-corrected chi connectivity index (χ0v) is 9.16. The molecule has 0 aromatic heterocycles. The van der Waals surface area contributed by atoms with Gasteiger partial charge in [-0.15, -0.1) is 0 Å². The van der Waals surface area contributed by atoms with E-state index in [-0.39, 0.29) is 13.1 Å². The Morgan fingerprint density at radius 1 is 1.31 bits per heavy atom. The number of carbonyl (C=O) groups is 3. The van der Waals surface area contributed by atoms with Crippen LogP contribution in [0, 0.1) is 0 Å². The molecule has 0 unspecified atom stereocenters. The summed E-state index contributed by atoms with van der Waals surface area (Å²) in [6.07, 6.45) is 0.998. The average molecular weight is 231 g/mol. The van der Waals surface area contributed by atoms with Crippen LogP contribution in [0.4, 0.5) is 0 Å². The maximum atomic E-state index is 11.2. The normalized spacial score (nSPS) is 11.6. The molecule has 0 fully saturated rings. The van der Waals surface area contributed by atoms with Crippen LogP contribution >= 0.6 is 0 Å². The van der Waals surface area contributed by atoms with Crippen LogP contribution < -0.4 is 16.4 Å². The largest absolute Gasteiger partial charge is 0.480 e. The second-order valence-corrected chi connectivity index (χ2v) is 3.23. The van der Waals surface area contributed by atoms with Gasteiger partial charge in [0.05, 0.1) is 13.1 Å². The smallest absolute Gasteiger partial charge is 0.326 e. The lowest BCUT2D eigenvalue weighted by Gasteiger charge is -2.13. The molecule has 0 heterocycles. The molecule has 2 amide bonds. The standard InChI is InChI=1S/C9H17N3O4/c1-2-3-6(9(15)16)12-8(14)5-11-7(13)4-10/h6H,2-5,10H2,1H3,(H,11,13)(H,12,14)(H,15,16)/t6-/m1/s1. The van der Waals surface area contributed by atoms with E-state index >= 15 is 0 Å². The van der Waals surface area contributed by atoms with E-state index in [0.717, 1.165) is 0 Å². The number of rotatable bonds is 7. The summed E-state index contributed by atoms with van der Waals surface area (Å²) in [4.78, 5) is 32.6. The molecule has 0 radical (unpaired) electrons. The van der Waals surface area contributed by atoms with Crippen LogP contribution in [0.5, 0.6) is 0 Å². The Labute approximate surface area is 93.4 Å². The molecule has 0 bridgehead atoms. The second-order valence-electron chi connectivity index (χ2n) is 3.23. The predicted octanol–water partition coefficient (Wildman–Crippen LogP) is -1.57. The minimum atomic E-state index is -1.08. The quantitative estimate of drug-likeness (QED) is 0.422. The third kappa shape index (κ3) is 5.97. The molecule has 7 nitrogen and oxygen atoms in total. The first-order valence-electron chi connectivity index (χ1n) is 5.00. The Kier molecular flexibility index (Phi) is 6.86. The molecule has 0 rings (SSSR count). The molecule has 5 N–H and O–H groups in total. The molecule has 92 valence electrons. The maximum Gasteiger partial charge on any atom is 0.326 e. The number of carboxylic acids is 1. The zero-order valence-electron chi connectivity index (χ0n) is 9.16. The van der Waals surface area contributed by atoms with Gasteiger partial charge in [0.2, 0.25) is 11.8 Å². The fraction of sp³-hybridized carbons (Fsp3) is 0.667. The third-order valence-electron chi connectivity index (χ3n) is 1.84. The lowest BCUT2D eigenvalue weighted by Crippen LogP contribution is -2.46. The summed E-state index contributed by atoms with van der Waals surface area (Å²) >= 11 is 0. The van der Waals surface area contributed by atoms with E-state index in [9.17, 15) is 14.4 Å². The van der Waals surface area contributed by atoms with Crippen LogP contribution in [0.15, 0.2) is 0 Å². The molecule has 1 atom stereocenters. The van der Waals surface area contributed by atoms with Gasteiger partial charge in [-0.25, -0.2) is 4.79 Å². The van der Waals surface area contributed by atoms with Gasteiger partial charge in [-0.05, 0) is 6.42 Å². The Morgan fingerprint density at radius 3 is 2.38 bits per heavy atom. The first-order chi connectivity index (χ1) is 7.51. The van der Waals surface area contributed by atoms with Gasteiger partial charge in [0.15, 0.2) is 0 Å². The topological polar surface area (TPSA) is 122 Å². The summed E-state index contributed by atoms with van der Waals surface area (Å²) in [5.74, 6) is -2.08. The molecule has 0 saturated heterocycles. The highest BCUT2D eigenvalue weighted by molar-refractivity contribution is 5.88. The highest BCUT2D eigenvalue weighted by Gasteiger charge is 2.18. The van der Waals surface area contributed by atoms with Gasteiger partial charge < -0.3 is 21.5 Å². The zero-order chi connectivity index (χ0) is 12.6. The van der Waals surface area contributed by atoms with Gasteiger partial charge in [0.25, 0.3) is 0 Å². The predicted molar refractivity (Wildman–Crippen MR) is 56.5 cm³/mol. The Hall–Kier alpha value is -1.63. The molecule has 16 heavy (non-hydrogen) atoms. The number of amides is 2. The highest BCUT2D eigenvalue weighted by atomic mass is 16.4. The molecule has 7 heteroatoms. The summed E-state index contributed by atoms with van der Waals surface area (Å²) in [7, 11) is 0. The van der Waals surface area contributed by atoms with Crippen LogP contribution in [0.2, 0.25) is 0 Å². The van der Waals surface area contributed by atoms with E-state index in [2.05, 4.69) is 10.6 Å². The first kappa shape index (κ1) is 14.4. The molecule has 0 saturated carbocycles. The van der Waals surface area contributed by atoms with Gasteiger partial charge in [0, 0.05) is 0 Å². The van der Waals surface area contributed by atoms with Crippen molar-refractivity contribution in [2.75, 3.05) is 13.1 Å². The van der Waals surface area contributed by atoms with Crippen LogP contribution in [-0.2, 0) is 14.4 Å². The Balaban J connectivity index is 4.00. The Bertz CT molecular complexity index is 267. The van der Waals surface area contributed by atoms with Gasteiger partial charge >= 0.3 is 5.97 Å². The molecule has 0 aliphatic heterocycles. The van der Waals surface area contributed by atoms with Crippen molar-refractivity contribution in [2.45, 2.75) is 25.8 Å². The maximum absolute atomic E-state index is 11.2. The van der Waals surface area contributed by atoms with Crippen molar-refractivity contribution in [3.05, 3.63) is 0 Å². The summed E-state index contributed by atoms with van der Waals surface area (Å²) in [5, 5.41) is 13.3. The van der Waals surface area contributed by atoms with Gasteiger partial charge in [-0.2, -0.15) is 0 Å². The van der Waals surface area contributed by atoms with Crippen molar-refractivity contribution in [1.82, 2.24) is 10.6 Å². The van der Waals surface area contributed by atoms with E-state index in [1.807, 2.05) is 6.92 Å². The van der Waals surface area contributed by atoms with Crippen molar-refractivity contribution in [3.63, 3.8) is 0 Å². The lowest BCUT2D eigenvalue weighted by atomic mass is 10.1. The van der Waals surface area contributed by atoms with Crippen LogP contribution in [0.3, 0.4) is 0 Å². The van der Waals surface area contributed by atoms with E-state index in [4.69, 9.17) is 10.8 Å². The van der Waals surface area contributed by atoms with Crippen molar-refractivity contribution in [1.29, 1.82) is 0 Å². The molecule has 0 aliphatic rings. The Morgan fingerprint density at radius 2 is 1.94 bits per heavy atom. The molecular formula is C9H17N3O4. The highest BCUT2D eigenvalue weighted by Crippen LogP contribution is 1.96. The van der Waals surface area contributed by atoms with E-state index in [0.29, 0.717) is 12.8 Å². The van der Waals surface area contributed by atoms with Gasteiger partial charge in [-0.1, -0.05) is 13.3 Å². The number of nitrogens with one attached hydrogen (secondary N) is 2. The second kappa shape index (κ2) is 7.63. The summed E-state index contributed by atoms with van der Waals surface area (Å²) in [6, 6.07) is -0.910. The van der Waals surface area contributed by atoms with Crippen LogP contribution in [0.1, 0.15) is 19.8 Å². The average Bonchev–Trinajstić information content (AvgIpc) is 2.25. The molecule has 0 aromatic carbocycles. The van der Waals surface area contributed by atoms with Crippen molar-refractivity contribution < 1.29 is 19.5 Å². The number of nitrogens with two attached hydrogens (primary N) is 1. The number of hydrogen-bond donors (Lipinski definition) is 4. The van der Waals surface area contributed by atoms with Gasteiger partial charge in [0.1, 0.15) is 6.04 Å². The summed E-state index contributed by atoms with van der Waals surface area (Å²) in [6.45, 7) is 1.35. The number of hydrogen-bond acceptors (Lipinski definition) is 4. The molecule has 0 aromatic rings. The van der Waals surface area contributed by atoms with Crippen LogP contribution in [0.25, 0.3) is 0 Å². The van der Waals surface area contributed by atoms with E-state index in [1.165, 1.54) is 0 Å². The number of carboxylic acid groups (broad SMARTS) is 1. The fourth-order valence-electron chi connectivity index (χ4n) is 1.04. The van der Waals surface area contributed by atoms with Crippen molar-refractivity contribution in [2.24, 2.45) is 5.73 Å². The van der Waals surface area contributed by atoms with Crippen molar-refractivity contribution in [3.8, 4) is 0 Å². The monoisotopic (exact) mass is 231 g/mol. The van der Waals surface area contributed by atoms with E-state index < -0.39 is 23.8 Å². The third-order valence-corrected chi connectivity index (χ3v) is 1.84. The van der Waals surface area contributed by atoms with Crippen molar-refractivity contribution >= 4 is 17.8 Å². The number of aliphatic carboxylic acids is 1. The minimum absolute atomic E-state index is 0.204. The minimum Gasteiger partial charge on any atom is -0.480 e. The number of carbonyl (C=O) groups excluding carboxylic acids is 2. The molecule has 0 aliphatic carbocycles. The van der Waals surface area contributed by atoms with Gasteiger partial charge in [-0.3, -0.25) is 9.59 Å². The summed E-state index contributed by atoms with van der Waals surface area (Å²) in [5.41, 5.74) is 5.02. The SMILES string of the molecule is CCC[C@@H](NC(=O)CNC(=O)CN)C(=O)O. The molecular weight excluding hydrogens is 214 g/mol.